The summed E-state index contributed by atoms with van der Waals surface area (Å²) in [5.74, 6) is -4.41. The van der Waals surface area contributed by atoms with Crippen LogP contribution in [0.2, 0.25) is 10.0 Å². The molecule has 2 aliphatic heterocycles. The van der Waals surface area contributed by atoms with E-state index in [2.05, 4.69) is 0 Å². The number of imide groups is 2. The zero-order chi connectivity index (χ0) is 30.5. The Bertz CT molecular complexity index is 1810. The highest BCUT2D eigenvalue weighted by Crippen LogP contribution is 2.36. The number of nitrogens with zero attached hydrogens (tertiary/aromatic N) is 3. The minimum absolute atomic E-state index is 0.0304. The molecule has 10 nitrogen and oxygen atoms in total. The number of hydrogen-bond acceptors (Lipinski definition) is 7. The number of benzene rings is 4. The number of rotatable bonds is 3. The van der Waals surface area contributed by atoms with Crippen molar-refractivity contribution in [3.05, 3.63) is 127 Å². The zero-order valence-corrected chi connectivity index (χ0v) is 22.3. The molecule has 2 N–H and O–H groups in total. The summed E-state index contributed by atoms with van der Waals surface area (Å²) in [6.45, 7) is 0. The third-order valence-corrected chi connectivity index (χ3v) is 6.98. The van der Waals surface area contributed by atoms with Crippen molar-refractivity contribution in [1.29, 1.82) is 0 Å². The fourth-order valence-corrected chi connectivity index (χ4v) is 4.75. The molecule has 0 saturated heterocycles. The van der Waals surface area contributed by atoms with E-state index in [9.17, 15) is 38.1 Å². The maximum absolute atomic E-state index is 14.1. The Labute approximate surface area is 244 Å². The minimum Gasteiger partial charge on any atom is -0.397 e. The topological polar surface area (TPSA) is 144 Å². The predicted molar refractivity (Wildman–Crippen MR) is 149 cm³/mol. The number of fused-ring (bicyclic) bond motifs is 2. The number of carbonyl (C=O) groups excluding carboxylic acids is 4. The molecule has 0 atom stereocenters. The average molecular weight is 611 g/mol. The molecule has 0 saturated carbocycles. The number of carbonyl (C=O) groups is 4. The number of nitrogens with two attached hydrogens (primary N) is 1. The van der Waals surface area contributed by atoms with Gasteiger partial charge in [0.25, 0.3) is 29.3 Å². The molecule has 0 aromatic heterocycles. The number of nitro groups is 1. The van der Waals surface area contributed by atoms with E-state index >= 15 is 0 Å². The first-order chi connectivity index (χ1) is 19.9. The molecule has 4 amide bonds. The zero-order valence-electron chi connectivity index (χ0n) is 20.8. The highest BCUT2D eigenvalue weighted by molar-refractivity contribution is 6.36. The van der Waals surface area contributed by atoms with E-state index in [0.717, 1.165) is 17.0 Å². The van der Waals surface area contributed by atoms with Crippen LogP contribution in [-0.2, 0) is 0 Å². The third-order valence-electron chi connectivity index (χ3n) is 6.35. The van der Waals surface area contributed by atoms with Crippen LogP contribution in [0.4, 0.5) is 31.5 Å². The van der Waals surface area contributed by atoms with Crippen molar-refractivity contribution in [3.63, 3.8) is 0 Å². The van der Waals surface area contributed by atoms with Gasteiger partial charge in [-0.05, 0) is 36.4 Å². The van der Waals surface area contributed by atoms with Crippen LogP contribution < -0.4 is 15.5 Å². The summed E-state index contributed by atoms with van der Waals surface area (Å²) < 4.78 is 28.0. The van der Waals surface area contributed by atoms with E-state index in [1.165, 1.54) is 30.3 Å². The predicted octanol–water partition coefficient (Wildman–Crippen LogP) is 6.05. The maximum atomic E-state index is 14.1. The molecule has 0 radical (unpaired) electrons. The number of amides is 4. The van der Waals surface area contributed by atoms with Crippen LogP contribution in [0, 0.1) is 21.7 Å². The van der Waals surface area contributed by atoms with Gasteiger partial charge in [0.2, 0.25) is 0 Å². The maximum Gasteiger partial charge on any atom is 0.290 e. The van der Waals surface area contributed by atoms with Gasteiger partial charge in [0.05, 0.1) is 49.3 Å². The second-order valence-electron chi connectivity index (χ2n) is 8.82. The summed E-state index contributed by atoms with van der Waals surface area (Å²) in [7, 11) is 0. The lowest BCUT2D eigenvalue weighted by molar-refractivity contribution is -0.384. The van der Waals surface area contributed by atoms with Gasteiger partial charge in [0.1, 0.15) is 16.7 Å². The summed E-state index contributed by atoms with van der Waals surface area (Å²) in [4.78, 5) is 60.4. The largest absolute Gasteiger partial charge is 0.397 e. The fourth-order valence-electron chi connectivity index (χ4n) is 4.38. The van der Waals surface area contributed by atoms with Crippen molar-refractivity contribution < 1.29 is 32.9 Å². The van der Waals surface area contributed by atoms with Gasteiger partial charge in [-0.25, -0.2) is 18.6 Å². The van der Waals surface area contributed by atoms with Crippen molar-refractivity contribution in [2.45, 2.75) is 0 Å². The second kappa shape index (κ2) is 10.7. The first kappa shape index (κ1) is 28.3. The van der Waals surface area contributed by atoms with E-state index in [-0.39, 0.29) is 38.7 Å². The summed E-state index contributed by atoms with van der Waals surface area (Å²) in [5, 5.41) is 10.5. The molecule has 0 aliphatic carbocycles. The Morgan fingerprint density at radius 3 is 1.38 bits per heavy atom. The molecule has 6 rings (SSSR count). The van der Waals surface area contributed by atoms with Crippen LogP contribution in [0.15, 0.2) is 72.8 Å². The van der Waals surface area contributed by atoms with Crippen LogP contribution >= 0.6 is 23.2 Å². The smallest absolute Gasteiger partial charge is 0.290 e. The fraction of sp³-hybridized carbons (Fsp3) is 0. The average Bonchev–Trinajstić information content (AvgIpc) is 3.36. The number of nitro benzene ring substituents is 1. The normalized spacial score (nSPS) is 13.6. The minimum atomic E-state index is -0.995. The molecular formula is C28H14Cl2F2N4O6. The van der Waals surface area contributed by atoms with Gasteiger partial charge in [-0.1, -0.05) is 47.5 Å². The summed E-state index contributed by atoms with van der Waals surface area (Å²) in [6, 6.07) is 15.9. The summed E-state index contributed by atoms with van der Waals surface area (Å²) in [6.07, 6.45) is 0. The molecular weight excluding hydrogens is 597 g/mol. The molecule has 2 heterocycles. The van der Waals surface area contributed by atoms with Crippen LogP contribution in [0.5, 0.6) is 0 Å². The molecule has 4 aromatic carbocycles. The van der Waals surface area contributed by atoms with E-state index in [4.69, 9.17) is 28.9 Å². The van der Waals surface area contributed by atoms with Crippen LogP contribution in [0.3, 0.4) is 0 Å². The van der Waals surface area contributed by atoms with E-state index in [1.807, 2.05) is 0 Å². The summed E-state index contributed by atoms with van der Waals surface area (Å²) in [5.41, 5.74) is 5.13. The van der Waals surface area contributed by atoms with E-state index in [0.29, 0.717) is 11.0 Å². The Morgan fingerprint density at radius 2 is 1.00 bits per heavy atom. The van der Waals surface area contributed by atoms with Crippen molar-refractivity contribution in [3.8, 4) is 0 Å². The number of halogens is 4. The van der Waals surface area contributed by atoms with E-state index < -0.39 is 56.6 Å². The lowest BCUT2D eigenvalue weighted by Crippen LogP contribution is -2.30. The monoisotopic (exact) mass is 610 g/mol. The van der Waals surface area contributed by atoms with E-state index in [1.54, 1.807) is 24.3 Å². The number of anilines is 3. The van der Waals surface area contributed by atoms with Gasteiger partial charge >= 0.3 is 0 Å². The molecule has 210 valence electrons. The number of nitrogen functional groups attached to an aromatic ring is 1. The first-order valence-electron chi connectivity index (χ1n) is 11.8. The van der Waals surface area contributed by atoms with Gasteiger partial charge in [0, 0.05) is 12.1 Å². The molecule has 0 spiro atoms. The van der Waals surface area contributed by atoms with Crippen LogP contribution in [0.25, 0.3) is 0 Å². The van der Waals surface area contributed by atoms with Gasteiger partial charge in [-0.15, -0.1) is 0 Å². The molecule has 2 aliphatic rings. The molecule has 4 aromatic rings. The Kier molecular flexibility index (Phi) is 7.19. The lowest BCUT2D eigenvalue weighted by atomic mass is 10.1. The second-order valence-corrected chi connectivity index (χ2v) is 9.63. The van der Waals surface area contributed by atoms with Gasteiger partial charge in [-0.3, -0.25) is 29.3 Å². The van der Waals surface area contributed by atoms with Gasteiger partial charge < -0.3 is 5.73 Å². The van der Waals surface area contributed by atoms with Crippen LogP contribution in [0.1, 0.15) is 41.4 Å². The lowest BCUT2D eigenvalue weighted by Gasteiger charge is -2.15. The Hall–Kier alpha value is -5.20. The van der Waals surface area contributed by atoms with Crippen molar-refractivity contribution >= 4 is 69.6 Å². The molecule has 0 bridgehead atoms. The Morgan fingerprint density at radius 1 is 0.643 bits per heavy atom. The Balaban J connectivity index is 0.000000169. The van der Waals surface area contributed by atoms with Crippen molar-refractivity contribution in [2.75, 3.05) is 15.5 Å². The van der Waals surface area contributed by atoms with Gasteiger partial charge in [-0.2, -0.15) is 0 Å². The highest BCUT2D eigenvalue weighted by Gasteiger charge is 2.39. The summed E-state index contributed by atoms with van der Waals surface area (Å²) >= 11 is 11.3. The quantitative estimate of drug-likeness (QED) is 0.129. The molecule has 42 heavy (non-hydrogen) atoms. The number of hydrogen-bond donors (Lipinski definition) is 1. The third kappa shape index (κ3) is 4.62. The van der Waals surface area contributed by atoms with Crippen molar-refractivity contribution in [2.24, 2.45) is 0 Å². The van der Waals surface area contributed by atoms with Crippen LogP contribution in [-0.4, -0.2) is 28.6 Å². The van der Waals surface area contributed by atoms with Crippen molar-refractivity contribution in [1.82, 2.24) is 0 Å². The van der Waals surface area contributed by atoms with Gasteiger partial charge in [0.15, 0.2) is 0 Å². The molecule has 0 fully saturated rings. The molecule has 14 heteroatoms. The SMILES string of the molecule is Nc1cc(N2C(=O)c3ccccc3C2=O)c(F)cc1Cl.O=C1c2ccccc2C(=O)N1c1cc([N+](=O)[O-])c(Cl)cc1F. The highest BCUT2D eigenvalue weighted by atomic mass is 35.5. The standard InChI is InChI=1S/C14H6ClFN2O4.C14H8ClFN2O2/c15-9-5-10(16)12(6-11(9)18(21)22)17-13(19)7-3-1-2-4-8(7)14(17)20;15-9-5-10(16)12(6-11(9)17)18-13(19)7-3-1-2-4-8(7)14(18)20/h1-6H;1-6H,17H2. The molecule has 0 unspecified atom stereocenters. The first-order valence-corrected chi connectivity index (χ1v) is 12.5.